The molecule has 1 aromatic rings. The van der Waals surface area contributed by atoms with Crippen molar-refractivity contribution in [3.8, 4) is 11.5 Å². The maximum Gasteiger partial charge on any atom is 0.224 e. The molecule has 2 rings (SSSR count). The average Bonchev–Trinajstić information content (AvgIpc) is 2.36. The van der Waals surface area contributed by atoms with Crippen molar-refractivity contribution in [3.63, 3.8) is 0 Å². The number of carbonyl (C=O) groups excluding carboxylic acids is 1. The first-order valence-corrected chi connectivity index (χ1v) is 6.08. The number of hydrogen-bond donors (Lipinski definition) is 1. The number of carbonyl (C=O) groups is 1. The van der Waals surface area contributed by atoms with Gasteiger partial charge < -0.3 is 14.8 Å². The Bertz CT molecular complexity index is 409. The van der Waals surface area contributed by atoms with Crippen molar-refractivity contribution < 1.29 is 14.3 Å². The zero-order valence-corrected chi connectivity index (χ0v) is 10.1. The molecule has 0 bridgehead atoms. The van der Waals surface area contributed by atoms with Crippen LogP contribution >= 0.6 is 11.6 Å². The van der Waals surface area contributed by atoms with Crippen molar-refractivity contribution in [1.29, 1.82) is 0 Å². The van der Waals surface area contributed by atoms with Crippen LogP contribution in [0.4, 0.5) is 5.69 Å². The van der Waals surface area contributed by atoms with Gasteiger partial charge in [0.15, 0.2) is 11.5 Å². The second kappa shape index (κ2) is 5.77. The van der Waals surface area contributed by atoms with Gasteiger partial charge >= 0.3 is 0 Å². The lowest BCUT2D eigenvalue weighted by molar-refractivity contribution is -0.116. The number of rotatable bonds is 4. The van der Waals surface area contributed by atoms with Gasteiger partial charge in [-0.3, -0.25) is 4.79 Å². The van der Waals surface area contributed by atoms with Crippen LogP contribution in [-0.2, 0) is 4.79 Å². The average molecular weight is 256 g/mol. The minimum Gasteiger partial charge on any atom is -0.486 e. The largest absolute Gasteiger partial charge is 0.486 e. The third-order valence-electron chi connectivity index (χ3n) is 2.36. The molecule has 5 heteroatoms. The molecule has 0 saturated heterocycles. The van der Waals surface area contributed by atoms with Crippen LogP contribution in [0.3, 0.4) is 0 Å². The predicted octanol–water partition coefficient (Wildman–Crippen LogP) is 2.42. The number of hydrogen-bond acceptors (Lipinski definition) is 3. The molecule has 0 fully saturated rings. The standard InChI is InChI=1S/C12H14ClNO3/c13-5-1-2-12(15)14-9-3-4-10-11(8-9)17-7-6-16-10/h3-4,8H,1-2,5-7H2,(H,14,15). The van der Waals surface area contributed by atoms with Gasteiger partial charge in [0.05, 0.1) is 0 Å². The number of ether oxygens (including phenoxy) is 2. The summed E-state index contributed by atoms with van der Waals surface area (Å²) < 4.78 is 10.8. The van der Waals surface area contributed by atoms with Crippen LogP contribution in [0.2, 0.25) is 0 Å². The normalized spacial score (nSPS) is 13.2. The summed E-state index contributed by atoms with van der Waals surface area (Å²) in [6.45, 7) is 1.10. The van der Waals surface area contributed by atoms with Crippen LogP contribution in [0.15, 0.2) is 18.2 Å². The molecule has 0 unspecified atom stereocenters. The van der Waals surface area contributed by atoms with E-state index in [2.05, 4.69) is 5.32 Å². The Kier molecular flexibility index (Phi) is 4.09. The molecule has 0 saturated carbocycles. The SMILES string of the molecule is O=C(CCCCl)Nc1ccc2c(c1)OCCO2. The summed E-state index contributed by atoms with van der Waals surface area (Å²) in [5.74, 6) is 1.85. The highest BCUT2D eigenvalue weighted by atomic mass is 35.5. The molecule has 1 aromatic carbocycles. The lowest BCUT2D eigenvalue weighted by Gasteiger charge is -2.18. The molecule has 0 spiro atoms. The smallest absolute Gasteiger partial charge is 0.224 e. The van der Waals surface area contributed by atoms with E-state index in [1.54, 1.807) is 18.2 Å². The van der Waals surface area contributed by atoms with Crippen LogP contribution in [-0.4, -0.2) is 25.0 Å². The Morgan fingerprint density at radius 3 is 2.82 bits per heavy atom. The number of alkyl halides is 1. The monoisotopic (exact) mass is 255 g/mol. The molecule has 92 valence electrons. The van der Waals surface area contributed by atoms with E-state index in [0.29, 0.717) is 43.4 Å². The Hall–Kier alpha value is -1.42. The highest BCUT2D eigenvalue weighted by Crippen LogP contribution is 2.32. The first kappa shape index (κ1) is 12.0. The lowest BCUT2D eigenvalue weighted by atomic mass is 10.2. The zero-order chi connectivity index (χ0) is 12.1. The maximum atomic E-state index is 11.5. The third kappa shape index (κ3) is 3.27. The minimum absolute atomic E-state index is 0.0395. The molecule has 1 aliphatic rings. The van der Waals surface area contributed by atoms with E-state index in [9.17, 15) is 4.79 Å². The second-order valence-electron chi connectivity index (χ2n) is 3.70. The van der Waals surface area contributed by atoms with E-state index in [1.807, 2.05) is 0 Å². The van der Waals surface area contributed by atoms with Gasteiger partial charge in [-0.15, -0.1) is 11.6 Å². The molecule has 0 aromatic heterocycles. The fourth-order valence-corrected chi connectivity index (χ4v) is 1.71. The minimum atomic E-state index is -0.0395. The summed E-state index contributed by atoms with van der Waals surface area (Å²) in [4.78, 5) is 11.5. The highest BCUT2D eigenvalue weighted by molar-refractivity contribution is 6.18. The fraction of sp³-hybridized carbons (Fsp3) is 0.417. The van der Waals surface area contributed by atoms with E-state index in [1.165, 1.54) is 0 Å². The molecule has 0 radical (unpaired) electrons. The molecule has 0 aliphatic carbocycles. The Morgan fingerprint density at radius 2 is 2.06 bits per heavy atom. The number of amides is 1. The molecule has 17 heavy (non-hydrogen) atoms. The van der Waals surface area contributed by atoms with Gasteiger partial charge in [0, 0.05) is 24.1 Å². The van der Waals surface area contributed by atoms with Gasteiger partial charge in [0.1, 0.15) is 13.2 Å². The first-order valence-electron chi connectivity index (χ1n) is 5.55. The molecule has 1 heterocycles. The zero-order valence-electron chi connectivity index (χ0n) is 9.37. The molecular formula is C12H14ClNO3. The van der Waals surface area contributed by atoms with E-state index in [-0.39, 0.29) is 5.91 Å². The third-order valence-corrected chi connectivity index (χ3v) is 2.63. The summed E-state index contributed by atoms with van der Waals surface area (Å²) in [6, 6.07) is 5.37. The predicted molar refractivity (Wildman–Crippen MR) is 66.0 cm³/mol. The van der Waals surface area contributed by atoms with Crippen LogP contribution in [0.25, 0.3) is 0 Å². The Morgan fingerprint density at radius 1 is 1.29 bits per heavy atom. The van der Waals surface area contributed by atoms with Crippen molar-refractivity contribution in [3.05, 3.63) is 18.2 Å². The Labute approximate surface area is 105 Å². The summed E-state index contributed by atoms with van der Waals surface area (Å²) in [6.07, 6.45) is 1.11. The number of halogens is 1. The number of fused-ring (bicyclic) bond motifs is 1. The number of nitrogens with one attached hydrogen (secondary N) is 1. The van der Waals surface area contributed by atoms with Gasteiger partial charge in [0.25, 0.3) is 0 Å². The van der Waals surface area contributed by atoms with Gasteiger partial charge in [-0.25, -0.2) is 0 Å². The molecule has 1 aliphatic heterocycles. The highest BCUT2D eigenvalue weighted by Gasteiger charge is 2.12. The number of anilines is 1. The van der Waals surface area contributed by atoms with Crippen molar-refractivity contribution in [2.75, 3.05) is 24.4 Å². The second-order valence-corrected chi connectivity index (χ2v) is 4.08. The molecule has 0 atom stereocenters. The van der Waals surface area contributed by atoms with Gasteiger partial charge in [-0.1, -0.05) is 0 Å². The van der Waals surface area contributed by atoms with Crippen molar-refractivity contribution in [1.82, 2.24) is 0 Å². The van der Waals surface area contributed by atoms with Crippen LogP contribution in [0.5, 0.6) is 11.5 Å². The van der Waals surface area contributed by atoms with Crippen LogP contribution < -0.4 is 14.8 Å². The summed E-state index contributed by atoms with van der Waals surface area (Å²) in [7, 11) is 0. The van der Waals surface area contributed by atoms with Gasteiger partial charge in [-0.05, 0) is 18.6 Å². The molecular weight excluding hydrogens is 242 g/mol. The van der Waals surface area contributed by atoms with E-state index >= 15 is 0 Å². The quantitative estimate of drug-likeness (QED) is 0.841. The lowest BCUT2D eigenvalue weighted by Crippen LogP contribution is -2.16. The molecule has 1 amide bonds. The number of benzene rings is 1. The van der Waals surface area contributed by atoms with Crippen molar-refractivity contribution in [2.45, 2.75) is 12.8 Å². The van der Waals surface area contributed by atoms with E-state index in [0.717, 1.165) is 5.75 Å². The van der Waals surface area contributed by atoms with E-state index in [4.69, 9.17) is 21.1 Å². The van der Waals surface area contributed by atoms with Crippen molar-refractivity contribution >= 4 is 23.2 Å². The Balaban J connectivity index is 1.99. The van der Waals surface area contributed by atoms with Gasteiger partial charge in [0.2, 0.25) is 5.91 Å². The van der Waals surface area contributed by atoms with Crippen LogP contribution in [0.1, 0.15) is 12.8 Å². The topological polar surface area (TPSA) is 47.6 Å². The first-order chi connectivity index (χ1) is 8.29. The van der Waals surface area contributed by atoms with Crippen molar-refractivity contribution in [2.24, 2.45) is 0 Å². The fourth-order valence-electron chi connectivity index (χ4n) is 1.57. The summed E-state index contributed by atoms with van der Waals surface area (Å²) in [5.41, 5.74) is 0.717. The maximum absolute atomic E-state index is 11.5. The van der Waals surface area contributed by atoms with Gasteiger partial charge in [-0.2, -0.15) is 0 Å². The summed E-state index contributed by atoms with van der Waals surface area (Å²) >= 11 is 5.53. The molecule has 4 nitrogen and oxygen atoms in total. The van der Waals surface area contributed by atoms with E-state index < -0.39 is 0 Å². The summed E-state index contributed by atoms with van der Waals surface area (Å²) in [5, 5.41) is 2.79. The van der Waals surface area contributed by atoms with Crippen LogP contribution in [0, 0.1) is 0 Å². The molecule has 1 N–H and O–H groups in total.